The molecule has 0 aliphatic rings. The van der Waals surface area contributed by atoms with E-state index in [1.54, 1.807) is 26.0 Å². The largest absolute Gasteiger partial charge is 0.463 e. The number of non-ortho nitro benzene ring substituents is 1. The number of hydrogen-bond acceptors (Lipinski definition) is 4. The third-order valence-electron chi connectivity index (χ3n) is 2.15. The Hall–Kier alpha value is -2.17. The molecule has 0 saturated heterocycles. The van der Waals surface area contributed by atoms with Gasteiger partial charge in [0.25, 0.3) is 5.69 Å². The molecule has 0 atom stereocenters. The highest BCUT2D eigenvalue weighted by Crippen LogP contribution is 2.18. The molecule has 0 aliphatic carbocycles. The van der Waals surface area contributed by atoms with Crippen LogP contribution in [0.5, 0.6) is 0 Å². The molecule has 0 radical (unpaired) electrons. The van der Waals surface area contributed by atoms with Crippen molar-refractivity contribution in [3.8, 4) is 0 Å². The summed E-state index contributed by atoms with van der Waals surface area (Å²) in [6, 6.07) is 4.46. The minimum atomic E-state index is -0.453. The number of benzene rings is 1. The van der Waals surface area contributed by atoms with Gasteiger partial charge in [0.05, 0.1) is 11.5 Å². The third kappa shape index (κ3) is 3.71. The van der Waals surface area contributed by atoms with Crippen molar-refractivity contribution >= 4 is 17.7 Å². The zero-order valence-corrected chi connectivity index (χ0v) is 9.67. The first-order valence-electron chi connectivity index (χ1n) is 5.14. The van der Waals surface area contributed by atoms with Crippen LogP contribution in [-0.2, 0) is 9.53 Å². The molecule has 0 bridgehead atoms. The van der Waals surface area contributed by atoms with Crippen LogP contribution in [0.2, 0.25) is 0 Å². The van der Waals surface area contributed by atoms with Crippen LogP contribution in [0, 0.1) is 17.0 Å². The number of carbonyl (C=O) groups excluding carboxylic acids is 1. The van der Waals surface area contributed by atoms with Crippen LogP contribution in [0.4, 0.5) is 5.69 Å². The molecule has 1 aromatic rings. The fraction of sp³-hybridized carbons (Fsp3) is 0.250. The number of hydrogen-bond donors (Lipinski definition) is 0. The van der Waals surface area contributed by atoms with Gasteiger partial charge in [-0.2, -0.15) is 0 Å². The SMILES string of the molecule is CCOC(=O)C=Cc1ccc([N+](=O)[O-])cc1C. The van der Waals surface area contributed by atoms with Crippen molar-refractivity contribution in [1.29, 1.82) is 0 Å². The molecule has 1 aromatic carbocycles. The van der Waals surface area contributed by atoms with Gasteiger partial charge in [0, 0.05) is 18.2 Å². The molecule has 0 aromatic heterocycles. The van der Waals surface area contributed by atoms with Crippen LogP contribution in [-0.4, -0.2) is 17.5 Å². The highest BCUT2D eigenvalue weighted by atomic mass is 16.6. The molecule has 0 spiro atoms. The van der Waals surface area contributed by atoms with Crippen molar-refractivity contribution in [2.45, 2.75) is 13.8 Å². The second-order valence-corrected chi connectivity index (χ2v) is 3.38. The molecule has 1 rings (SSSR count). The Labute approximate surface area is 98.9 Å². The second-order valence-electron chi connectivity index (χ2n) is 3.38. The molecule has 0 N–H and O–H groups in total. The van der Waals surface area contributed by atoms with Gasteiger partial charge in [-0.3, -0.25) is 10.1 Å². The first-order valence-corrected chi connectivity index (χ1v) is 5.14. The Kier molecular flexibility index (Phi) is 4.39. The maximum Gasteiger partial charge on any atom is 0.330 e. The zero-order valence-electron chi connectivity index (χ0n) is 9.67. The van der Waals surface area contributed by atoms with E-state index < -0.39 is 10.9 Å². The first kappa shape index (κ1) is 12.9. The smallest absolute Gasteiger partial charge is 0.330 e. The number of ether oxygens (including phenoxy) is 1. The summed E-state index contributed by atoms with van der Waals surface area (Å²) >= 11 is 0. The Bertz CT molecular complexity index is 466. The normalized spacial score (nSPS) is 10.5. The van der Waals surface area contributed by atoms with Crippen molar-refractivity contribution in [3.63, 3.8) is 0 Å². The van der Waals surface area contributed by atoms with Gasteiger partial charge in [-0.1, -0.05) is 0 Å². The summed E-state index contributed by atoms with van der Waals surface area (Å²) in [6.45, 7) is 3.79. The van der Waals surface area contributed by atoms with Crippen LogP contribution in [0.15, 0.2) is 24.3 Å². The van der Waals surface area contributed by atoms with Gasteiger partial charge in [-0.25, -0.2) is 4.79 Å². The molecule has 0 aliphatic heterocycles. The fourth-order valence-electron chi connectivity index (χ4n) is 1.31. The van der Waals surface area contributed by atoms with E-state index >= 15 is 0 Å². The topological polar surface area (TPSA) is 69.4 Å². The second kappa shape index (κ2) is 5.79. The Morgan fingerprint density at radius 1 is 1.53 bits per heavy atom. The van der Waals surface area contributed by atoms with Gasteiger partial charge in [-0.05, 0) is 37.1 Å². The van der Waals surface area contributed by atoms with Gasteiger partial charge in [0.15, 0.2) is 0 Å². The summed E-state index contributed by atoms with van der Waals surface area (Å²) in [5.41, 5.74) is 1.53. The van der Waals surface area contributed by atoms with Crippen molar-refractivity contribution in [2.24, 2.45) is 0 Å². The van der Waals surface area contributed by atoms with Gasteiger partial charge in [0.2, 0.25) is 0 Å². The van der Waals surface area contributed by atoms with E-state index in [2.05, 4.69) is 0 Å². The quantitative estimate of drug-likeness (QED) is 0.348. The van der Waals surface area contributed by atoms with Crippen molar-refractivity contribution in [1.82, 2.24) is 0 Å². The lowest BCUT2D eigenvalue weighted by atomic mass is 10.1. The summed E-state index contributed by atoms with van der Waals surface area (Å²) < 4.78 is 4.73. The van der Waals surface area contributed by atoms with Gasteiger partial charge < -0.3 is 4.74 Å². The summed E-state index contributed by atoms with van der Waals surface area (Å²) in [4.78, 5) is 21.2. The van der Waals surface area contributed by atoms with E-state index in [9.17, 15) is 14.9 Å². The van der Waals surface area contributed by atoms with Crippen LogP contribution in [0.25, 0.3) is 6.08 Å². The van der Waals surface area contributed by atoms with Crippen molar-refractivity contribution < 1.29 is 14.5 Å². The number of carbonyl (C=O) groups is 1. The molecule has 0 unspecified atom stereocenters. The number of rotatable bonds is 4. The van der Waals surface area contributed by atoms with Gasteiger partial charge in [-0.15, -0.1) is 0 Å². The Morgan fingerprint density at radius 3 is 2.76 bits per heavy atom. The van der Waals surface area contributed by atoms with Gasteiger partial charge in [0.1, 0.15) is 0 Å². The number of esters is 1. The minimum absolute atomic E-state index is 0.0378. The van der Waals surface area contributed by atoms with Crippen LogP contribution < -0.4 is 0 Å². The predicted octanol–water partition coefficient (Wildman–Crippen LogP) is 2.48. The highest BCUT2D eigenvalue weighted by Gasteiger charge is 2.06. The summed E-state index contributed by atoms with van der Waals surface area (Å²) in [6.07, 6.45) is 2.88. The monoisotopic (exact) mass is 235 g/mol. The molecule has 5 heteroatoms. The average Bonchev–Trinajstić information content (AvgIpc) is 2.27. The molecule has 0 fully saturated rings. The lowest BCUT2D eigenvalue weighted by Gasteiger charge is -2.00. The average molecular weight is 235 g/mol. The van der Waals surface area contributed by atoms with Crippen molar-refractivity contribution in [3.05, 3.63) is 45.5 Å². The van der Waals surface area contributed by atoms with Crippen molar-refractivity contribution in [2.75, 3.05) is 6.61 Å². The highest BCUT2D eigenvalue weighted by molar-refractivity contribution is 5.87. The molecule has 0 heterocycles. The summed E-state index contributed by atoms with van der Waals surface area (Å²) in [5, 5.41) is 10.5. The lowest BCUT2D eigenvalue weighted by Crippen LogP contribution is -1.98. The summed E-state index contributed by atoms with van der Waals surface area (Å²) in [7, 11) is 0. The maximum absolute atomic E-state index is 11.1. The Morgan fingerprint density at radius 2 is 2.24 bits per heavy atom. The summed E-state index contributed by atoms with van der Waals surface area (Å²) in [5.74, 6) is -0.426. The number of nitrogens with zero attached hydrogens (tertiary/aromatic N) is 1. The molecule has 17 heavy (non-hydrogen) atoms. The number of aryl methyl sites for hydroxylation is 1. The number of nitro benzene ring substituents is 1. The standard InChI is InChI=1S/C12H13NO4/c1-3-17-12(14)7-5-10-4-6-11(13(15)16)8-9(10)2/h4-8H,3H2,1-2H3. The third-order valence-corrected chi connectivity index (χ3v) is 2.15. The molecule has 0 saturated carbocycles. The minimum Gasteiger partial charge on any atom is -0.463 e. The molecule has 90 valence electrons. The van der Waals surface area contributed by atoms with Crippen LogP contribution >= 0.6 is 0 Å². The van der Waals surface area contributed by atoms with Crippen LogP contribution in [0.3, 0.4) is 0 Å². The number of nitro groups is 1. The fourth-order valence-corrected chi connectivity index (χ4v) is 1.31. The van der Waals surface area contributed by atoms with Gasteiger partial charge >= 0.3 is 5.97 Å². The van der Waals surface area contributed by atoms with E-state index in [0.717, 1.165) is 11.1 Å². The molecular formula is C12H13NO4. The zero-order chi connectivity index (χ0) is 12.8. The maximum atomic E-state index is 11.1. The lowest BCUT2D eigenvalue weighted by molar-refractivity contribution is -0.384. The molecular weight excluding hydrogens is 222 g/mol. The Balaban J connectivity index is 2.86. The van der Waals surface area contributed by atoms with E-state index in [0.29, 0.717) is 6.61 Å². The van der Waals surface area contributed by atoms with E-state index in [1.165, 1.54) is 18.2 Å². The van der Waals surface area contributed by atoms with E-state index in [-0.39, 0.29) is 5.69 Å². The first-order chi connectivity index (χ1) is 8.04. The molecule has 5 nitrogen and oxygen atoms in total. The van der Waals surface area contributed by atoms with Crippen LogP contribution in [0.1, 0.15) is 18.1 Å². The molecule has 0 amide bonds. The predicted molar refractivity (Wildman–Crippen MR) is 63.5 cm³/mol. The van der Waals surface area contributed by atoms with E-state index in [4.69, 9.17) is 4.74 Å². The van der Waals surface area contributed by atoms with E-state index in [1.807, 2.05) is 0 Å².